The second kappa shape index (κ2) is 6.53. The van der Waals surface area contributed by atoms with E-state index < -0.39 is 4.92 Å². The molecule has 20 heavy (non-hydrogen) atoms. The molecule has 0 spiro atoms. The molecule has 7 nitrogen and oxygen atoms in total. The van der Waals surface area contributed by atoms with Crippen molar-refractivity contribution in [3.05, 3.63) is 33.9 Å². The molecule has 0 unspecified atom stereocenters. The molecule has 1 aliphatic rings. The monoisotopic (exact) mass is 301 g/mol. The average molecular weight is 302 g/mol. The molecule has 1 aromatic rings. The van der Waals surface area contributed by atoms with E-state index in [9.17, 15) is 14.9 Å². The van der Waals surface area contributed by atoms with Crippen LogP contribution in [0.4, 0.5) is 5.69 Å². The molecule has 1 amide bonds. The van der Waals surface area contributed by atoms with Crippen LogP contribution in [0.1, 0.15) is 10.4 Å². The van der Waals surface area contributed by atoms with Crippen molar-refractivity contribution in [3.63, 3.8) is 0 Å². The molecule has 1 fully saturated rings. The zero-order chi connectivity index (χ0) is 14.0. The van der Waals surface area contributed by atoms with Gasteiger partial charge in [0.05, 0.1) is 18.1 Å². The number of carbonyl (C=O) groups excluding carboxylic acids is 1. The van der Waals surface area contributed by atoms with Gasteiger partial charge < -0.3 is 15.0 Å². The van der Waals surface area contributed by atoms with Gasteiger partial charge in [0.25, 0.3) is 5.91 Å². The molecule has 0 saturated carbocycles. The van der Waals surface area contributed by atoms with Crippen molar-refractivity contribution in [1.29, 1.82) is 0 Å². The summed E-state index contributed by atoms with van der Waals surface area (Å²) in [5.41, 5.74) is 0.240. The Kier molecular flexibility index (Phi) is 5.29. The number of nitro groups is 1. The van der Waals surface area contributed by atoms with E-state index in [0.29, 0.717) is 5.56 Å². The highest BCUT2D eigenvalue weighted by atomic mass is 35.5. The number of ether oxygens (including phenoxy) is 1. The molecule has 2 rings (SSSR count). The van der Waals surface area contributed by atoms with Crippen molar-refractivity contribution in [1.82, 2.24) is 10.2 Å². The minimum Gasteiger partial charge on any atom is -0.490 e. The second-order valence-corrected chi connectivity index (χ2v) is 4.37. The number of amides is 1. The van der Waals surface area contributed by atoms with Gasteiger partial charge in [0.2, 0.25) is 0 Å². The summed E-state index contributed by atoms with van der Waals surface area (Å²) < 4.78 is 4.95. The summed E-state index contributed by atoms with van der Waals surface area (Å²) in [6, 6.07) is 4.32. The Balaban J connectivity index is 0.00000200. The lowest BCUT2D eigenvalue weighted by atomic mass is 10.1. The Morgan fingerprint density at radius 3 is 2.60 bits per heavy atom. The number of hydrogen-bond acceptors (Lipinski definition) is 5. The molecule has 1 heterocycles. The van der Waals surface area contributed by atoms with E-state index in [1.54, 1.807) is 11.9 Å². The summed E-state index contributed by atoms with van der Waals surface area (Å²) in [5, 5.41) is 13.9. The molecule has 1 aliphatic heterocycles. The molecule has 0 bridgehead atoms. The third-order valence-corrected chi connectivity index (χ3v) is 3.25. The van der Waals surface area contributed by atoms with Gasteiger partial charge in [-0.25, -0.2) is 0 Å². The predicted molar refractivity (Wildman–Crippen MR) is 75.6 cm³/mol. The molecule has 0 aromatic heterocycles. The summed E-state index contributed by atoms with van der Waals surface area (Å²) in [6.07, 6.45) is 0. The van der Waals surface area contributed by atoms with Crippen LogP contribution in [0.2, 0.25) is 0 Å². The molecule has 0 atom stereocenters. The van der Waals surface area contributed by atoms with Gasteiger partial charge in [-0.05, 0) is 6.07 Å². The number of hydrogen-bond donors (Lipinski definition) is 1. The average Bonchev–Trinajstić information content (AvgIpc) is 2.34. The van der Waals surface area contributed by atoms with E-state index in [-0.39, 0.29) is 35.8 Å². The molecular weight excluding hydrogens is 286 g/mol. The van der Waals surface area contributed by atoms with Gasteiger partial charge in [0, 0.05) is 37.8 Å². The number of benzene rings is 1. The minimum atomic E-state index is -0.535. The standard InChI is InChI=1S/C12H15N3O4.ClH/c1-14(9-6-13-7-9)12(16)8-3-4-10(15(17)18)11(5-8)19-2;/h3-5,9,13H,6-7H2,1-2H3;1H. The van der Waals surface area contributed by atoms with Crippen LogP contribution in [-0.4, -0.2) is 49.0 Å². The molecule has 0 aliphatic carbocycles. The van der Waals surface area contributed by atoms with Gasteiger partial charge in [-0.2, -0.15) is 0 Å². The van der Waals surface area contributed by atoms with Gasteiger partial charge in [-0.15, -0.1) is 12.4 Å². The van der Waals surface area contributed by atoms with E-state index in [4.69, 9.17) is 4.74 Å². The van der Waals surface area contributed by atoms with Gasteiger partial charge in [0.1, 0.15) is 0 Å². The van der Waals surface area contributed by atoms with Crippen LogP contribution >= 0.6 is 12.4 Å². The van der Waals surface area contributed by atoms with E-state index >= 15 is 0 Å². The lowest BCUT2D eigenvalue weighted by Crippen LogP contribution is -2.57. The fourth-order valence-corrected chi connectivity index (χ4v) is 1.88. The fourth-order valence-electron chi connectivity index (χ4n) is 1.88. The number of nitrogens with zero attached hydrogens (tertiary/aromatic N) is 2. The van der Waals surface area contributed by atoms with Crippen molar-refractivity contribution in [3.8, 4) is 5.75 Å². The quantitative estimate of drug-likeness (QED) is 0.664. The number of halogens is 1. The Morgan fingerprint density at radius 1 is 1.50 bits per heavy atom. The molecule has 1 saturated heterocycles. The molecule has 1 aromatic carbocycles. The lowest BCUT2D eigenvalue weighted by molar-refractivity contribution is -0.385. The maximum Gasteiger partial charge on any atom is 0.310 e. The number of nitro benzene ring substituents is 1. The van der Waals surface area contributed by atoms with Crippen molar-refractivity contribution in [2.24, 2.45) is 0 Å². The number of nitrogens with one attached hydrogen (secondary N) is 1. The molecular formula is C12H16ClN3O4. The van der Waals surface area contributed by atoms with Gasteiger partial charge in [-0.1, -0.05) is 0 Å². The van der Waals surface area contributed by atoms with Gasteiger partial charge >= 0.3 is 5.69 Å². The maximum absolute atomic E-state index is 12.2. The van der Waals surface area contributed by atoms with Crippen LogP contribution in [0.25, 0.3) is 0 Å². The summed E-state index contributed by atoms with van der Waals surface area (Å²) in [7, 11) is 3.07. The highest BCUT2D eigenvalue weighted by molar-refractivity contribution is 5.95. The molecule has 0 radical (unpaired) electrons. The van der Waals surface area contributed by atoms with Crippen molar-refractivity contribution < 1.29 is 14.5 Å². The first-order valence-electron chi connectivity index (χ1n) is 5.85. The van der Waals surface area contributed by atoms with E-state index in [1.165, 1.54) is 25.3 Å². The van der Waals surface area contributed by atoms with Crippen LogP contribution in [0, 0.1) is 10.1 Å². The van der Waals surface area contributed by atoms with Gasteiger partial charge in [0.15, 0.2) is 5.75 Å². The Bertz CT molecular complexity index is 519. The van der Waals surface area contributed by atoms with E-state index in [0.717, 1.165) is 13.1 Å². The maximum atomic E-state index is 12.2. The number of likely N-dealkylation sites (N-methyl/N-ethyl adjacent to an activating group) is 1. The predicted octanol–water partition coefficient (Wildman–Crippen LogP) is 1.07. The summed E-state index contributed by atoms with van der Waals surface area (Å²) >= 11 is 0. The Labute approximate surface area is 122 Å². The van der Waals surface area contributed by atoms with Crippen LogP contribution in [0.5, 0.6) is 5.75 Å². The SMILES string of the molecule is COc1cc(C(=O)N(C)C2CNC2)ccc1[N+](=O)[O-].Cl. The summed E-state index contributed by atoms with van der Waals surface area (Å²) in [5.74, 6) is -0.0734. The largest absolute Gasteiger partial charge is 0.490 e. The van der Waals surface area contributed by atoms with Crippen LogP contribution in [0.15, 0.2) is 18.2 Å². The first-order valence-corrected chi connectivity index (χ1v) is 5.85. The number of rotatable bonds is 4. The normalized spacial score (nSPS) is 13.9. The fraction of sp³-hybridized carbons (Fsp3) is 0.417. The van der Waals surface area contributed by atoms with Crippen molar-refractivity contribution in [2.75, 3.05) is 27.2 Å². The zero-order valence-electron chi connectivity index (χ0n) is 11.2. The van der Waals surface area contributed by atoms with Crippen LogP contribution in [-0.2, 0) is 0 Å². The Hall–Kier alpha value is -1.86. The first kappa shape index (κ1) is 16.2. The third kappa shape index (κ3) is 3.00. The first-order chi connectivity index (χ1) is 9.04. The number of carbonyl (C=O) groups is 1. The zero-order valence-corrected chi connectivity index (χ0v) is 12.0. The molecule has 8 heteroatoms. The lowest BCUT2D eigenvalue weighted by Gasteiger charge is -2.35. The third-order valence-electron chi connectivity index (χ3n) is 3.25. The van der Waals surface area contributed by atoms with E-state index in [2.05, 4.69) is 5.32 Å². The van der Waals surface area contributed by atoms with Crippen molar-refractivity contribution >= 4 is 24.0 Å². The molecule has 110 valence electrons. The van der Waals surface area contributed by atoms with Crippen LogP contribution in [0.3, 0.4) is 0 Å². The summed E-state index contributed by atoms with van der Waals surface area (Å²) in [4.78, 5) is 24.1. The van der Waals surface area contributed by atoms with Crippen molar-refractivity contribution in [2.45, 2.75) is 6.04 Å². The van der Waals surface area contributed by atoms with E-state index in [1.807, 2.05) is 0 Å². The highest BCUT2D eigenvalue weighted by Gasteiger charge is 2.27. The smallest absolute Gasteiger partial charge is 0.310 e. The van der Waals surface area contributed by atoms with Crippen LogP contribution < -0.4 is 10.1 Å². The Morgan fingerprint density at radius 2 is 2.15 bits per heavy atom. The second-order valence-electron chi connectivity index (χ2n) is 4.37. The molecule has 1 N–H and O–H groups in total. The topological polar surface area (TPSA) is 84.7 Å². The van der Waals surface area contributed by atoms with Gasteiger partial charge in [-0.3, -0.25) is 14.9 Å². The highest BCUT2D eigenvalue weighted by Crippen LogP contribution is 2.28. The number of methoxy groups -OCH3 is 1. The summed E-state index contributed by atoms with van der Waals surface area (Å²) in [6.45, 7) is 1.54. The minimum absolute atomic E-state index is 0.